The summed E-state index contributed by atoms with van der Waals surface area (Å²) in [6, 6.07) is 8.02. The zero-order chi connectivity index (χ0) is 13.7. The van der Waals surface area contributed by atoms with E-state index in [0.717, 1.165) is 0 Å². The van der Waals surface area contributed by atoms with Gasteiger partial charge in [0.15, 0.2) is 0 Å². The van der Waals surface area contributed by atoms with Gasteiger partial charge in [-0.15, -0.1) is 0 Å². The number of rotatable bonds is 3. The van der Waals surface area contributed by atoms with Crippen LogP contribution in [0.4, 0.5) is 10.5 Å². The Labute approximate surface area is 109 Å². The fraction of sp³-hybridized carbons (Fsp3) is 0.167. The van der Waals surface area contributed by atoms with Crippen molar-refractivity contribution in [1.82, 2.24) is 20.5 Å². The number of nitrogens with zero attached hydrogens (tertiary/aromatic N) is 3. The van der Waals surface area contributed by atoms with Crippen LogP contribution in [-0.4, -0.2) is 21.2 Å². The minimum atomic E-state index is -0.376. The van der Waals surface area contributed by atoms with Crippen molar-refractivity contribution >= 4 is 11.7 Å². The molecule has 96 valence electrons. The summed E-state index contributed by atoms with van der Waals surface area (Å²) >= 11 is 0. The molecule has 0 fully saturated rings. The molecule has 1 heterocycles. The van der Waals surface area contributed by atoms with Crippen molar-refractivity contribution in [3.05, 3.63) is 42.0 Å². The third-order valence-corrected chi connectivity index (χ3v) is 2.44. The Kier molecular flexibility index (Phi) is 3.73. The Morgan fingerprint density at radius 1 is 1.53 bits per heavy atom. The van der Waals surface area contributed by atoms with Crippen molar-refractivity contribution in [2.24, 2.45) is 0 Å². The zero-order valence-electron chi connectivity index (χ0n) is 10.2. The third-order valence-electron chi connectivity index (χ3n) is 2.44. The largest absolute Gasteiger partial charge is 0.328 e. The summed E-state index contributed by atoms with van der Waals surface area (Å²) in [6.07, 6.45) is 1.38. The molecule has 0 saturated heterocycles. The number of carbonyl (C=O) groups excluding carboxylic acids is 1. The van der Waals surface area contributed by atoms with E-state index in [-0.39, 0.29) is 12.1 Å². The highest BCUT2D eigenvalue weighted by Crippen LogP contribution is 2.10. The van der Waals surface area contributed by atoms with Crippen molar-refractivity contribution in [3.8, 4) is 6.07 Å². The number of urea groups is 1. The average molecular weight is 256 g/mol. The molecule has 0 bridgehead atoms. The summed E-state index contributed by atoms with van der Waals surface area (Å²) in [4.78, 5) is 15.7. The van der Waals surface area contributed by atoms with Gasteiger partial charge in [0.2, 0.25) is 0 Å². The lowest BCUT2D eigenvalue weighted by Crippen LogP contribution is -2.31. The topological polar surface area (TPSA) is 106 Å². The Balaban J connectivity index is 1.96. The van der Waals surface area contributed by atoms with Crippen LogP contribution in [0.2, 0.25) is 0 Å². The van der Waals surface area contributed by atoms with Crippen LogP contribution in [0.3, 0.4) is 0 Å². The molecular weight excluding hydrogens is 244 g/mol. The van der Waals surface area contributed by atoms with E-state index in [4.69, 9.17) is 5.26 Å². The number of H-pyrrole nitrogens is 1. The van der Waals surface area contributed by atoms with Crippen LogP contribution in [-0.2, 0) is 0 Å². The maximum Gasteiger partial charge on any atom is 0.319 e. The number of nitrogens with one attached hydrogen (secondary N) is 3. The summed E-state index contributed by atoms with van der Waals surface area (Å²) in [5, 5.41) is 20.5. The predicted molar refractivity (Wildman–Crippen MR) is 68.1 cm³/mol. The molecule has 7 nitrogen and oxygen atoms in total. The fourth-order valence-electron chi connectivity index (χ4n) is 1.52. The first-order chi connectivity index (χ1) is 9.19. The number of aromatic amines is 1. The lowest BCUT2D eigenvalue weighted by Gasteiger charge is -2.12. The number of aromatic nitrogens is 3. The number of amides is 2. The van der Waals surface area contributed by atoms with Crippen molar-refractivity contribution in [2.75, 3.05) is 5.32 Å². The van der Waals surface area contributed by atoms with Crippen molar-refractivity contribution in [3.63, 3.8) is 0 Å². The van der Waals surface area contributed by atoms with Crippen LogP contribution >= 0.6 is 0 Å². The molecule has 1 aromatic heterocycles. The first kappa shape index (κ1) is 12.6. The van der Waals surface area contributed by atoms with Gasteiger partial charge in [-0.05, 0) is 25.1 Å². The van der Waals surface area contributed by atoms with E-state index in [1.54, 1.807) is 31.2 Å². The fourth-order valence-corrected chi connectivity index (χ4v) is 1.52. The lowest BCUT2D eigenvalue weighted by atomic mass is 10.2. The number of carbonyl (C=O) groups is 1. The van der Waals surface area contributed by atoms with Gasteiger partial charge in [0.1, 0.15) is 12.2 Å². The van der Waals surface area contributed by atoms with Gasteiger partial charge in [0.25, 0.3) is 0 Å². The SMILES string of the molecule is CC(NC(=O)Nc1cccc(C#N)c1)c1ncn[nH]1. The number of hydrogen-bond acceptors (Lipinski definition) is 4. The minimum absolute atomic E-state index is 0.290. The van der Waals surface area contributed by atoms with Crippen molar-refractivity contribution in [2.45, 2.75) is 13.0 Å². The van der Waals surface area contributed by atoms with E-state index in [2.05, 4.69) is 25.8 Å². The van der Waals surface area contributed by atoms with E-state index in [1.807, 2.05) is 6.07 Å². The van der Waals surface area contributed by atoms with Crippen LogP contribution < -0.4 is 10.6 Å². The molecule has 1 unspecified atom stereocenters. The van der Waals surface area contributed by atoms with Gasteiger partial charge in [-0.1, -0.05) is 6.07 Å². The van der Waals surface area contributed by atoms with Gasteiger partial charge < -0.3 is 10.6 Å². The molecular formula is C12H12N6O. The Morgan fingerprint density at radius 2 is 2.37 bits per heavy atom. The first-order valence-electron chi connectivity index (χ1n) is 5.62. The van der Waals surface area contributed by atoms with E-state index >= 15 is 0 Å². The van der Waals surface area contributed by atoms with Crippen molar-refractivity contribution in [1.29, 1.82) is 5.26 Å². The number of nitriles is 1. The smallest absolute Gasteiger partial charge is 0.319 e. The molecule has 0 aliphatic heterocycles. The maximum atomic E-state index is 11.8. The van der Waals surface area contributed by atoms with Crippen LogP contribution in [0, 0.1) is 11.3 Å². The third kappa shape index (κ3) is 3.29. The molecule has 1 atom stereocenters. The van der Waals surface area contributed by atoms with Gasteiger partial charge in [0.05, 0.1) is 17.7 Å². The van der Waals surface area contributed by atoms with E-state index in [1.165, 1.54) is 6.33 Å². The molecule has 7 heteroatoms. The second-order valence-electron chi connectivity index (χ2n) is 3.88. The highest BCUT2D eigenvalue weighted by molar-refractivity contribution is 5.89. The zero-order valence-corrected chi connectivity index (χ0v) is 10.2. The van der Waals surface area contributed by atoms with Crippen molar-refractivity contribution < 1.29 is 4.79 Å². The molecule has 2 amide bonds. The molecule has 3 N–H and O–H groups in total. The Bertz CT molecular complexity index is 601. The molecule has 0 radical (unpaired) electrons. The monoisotopic (exact) mass is 256 g/mol. The standard InChI is InChI=1S/C12H12N6O/c1-8(11-14-7-15-18-11)16-12(19)17-10-4-2-3-9(5-10)6-13/h2-5,7-8H,1H3,(H,14,15,18)(H2,16,17,19). The number of hydrogen-bond donors (Lipinski definition) is 3. The summed E-state index contributed by atoms with van der Waals surface area (Å²) in [6.45, 7) is 1.78. The summed E-state index contributed by atoms with van der Waals surface area (Å²) in [7, 11) is 0. The van der Waals surface area contributed by atoms with Crippen LogP contribution in [0.15, 0.2) is 30.6 Å². The number of anilines is 1. The molecule has 0 saturated carbocycles. The summed E-state index contributed by atoms with van der Waals surface area (Å²) in [5.41, 5.74) is 1.04. The Hall–Kier alpha value is -2.88. The van der Waals surface area contributed by atoms with Gasteiger partial charge in [-0.25, -0.2) is 9.78 Å². The summed E-state index contributed by atoms with van der Waals surface area (Å²) < 4.78 is 0. The predicted octanol–water partition coefficient (Wildman–Crippen LogP) is 1.56. The molecule has 0 aliphatic rings. The molecule has 2 aromatic rings. The second-order valence-corrected chi connectivity index (χ2v) is 3.88. The summed E-state index contributed by atoms with van der Waals surface area (Å²) in [5.74, 6) is 0.570. The van der Waals surface area contributed by atoms with E-state index < -0.39 is 0 Å². The first-order valence-corrected chi connectivity index (χ1v) is 5.62. The van der Waals surface area contributed by atoms with Crippen LogP contribution in [0.1, 0.15) is 24.4 Å². The quantitative estimate of drug-likeness (QED) is 0.774. The highest BCUT2D eigenvalue weighted by atomic mass is 16.2. The molecule has 2 rings (SSSR count). The molecule has 0 aliphatic carbocycles. The van der Waals surface area contributed by atoms with Crippen LogP contribution in [0.5, 0.6) is 0 Å². The number of benzene rings is 1. The second kappa shape index (κ2) is 5.64. The highest BCUT2D eigenvalue weighted by Gasteiger charge is 2.11. The minimum Gasteiger partial charge on any atom is -0.328 e. The molecule has 1 aromatic carbocycles. The maximum absolute atomic E-state index is 11.8. The van der Waals surface area contributed by atoms with Gasteiger partial charge >= 0.3 is 6.03 Å². The van der Waals surface area contributed by atoms with E-state index in [9.17, 15) is 4.79 Å². The van der Waals surface area contributed by atoms with Gasteiger partial charge in [-0.2, -0.15) is 10.4 Å². The Morgan fingerprint density at radius 3 is 3.05 bits per heavy atom. The average Bonchev–Trinajstić information content (AvgIpc) is 2.92. The molecule has 19 heavy (non-hydrogen) atoms. The lowest BCUT2D eigenvalue weighted by molar-refractivity contribution is 0.249. The van der Waals surface area contributed by atoms with Gasteiger partial charge in [0, 0.05) is 5.69 Å². The normalized spacial score (nSPS) is 11.4. The molecule has 0 spiro atoms. The van der Waals surface area contributed by atoms with Gasteiger partial charge in [-0.3, -0.25) is 5.10 Å². The van der Waals surface area contributed by atoms with E-state index in [0.29, 0.717) is 17.1 Å². The van der Waals surface area contributed by atoms with Crippen LogP contribution in [0.25, 0.3) is 0 Å².